The van der Waals surface area contributed by atoms with Crippen LogP contribution in [0.1, 0.15) is 19.4 Å². The number of hydrogen-bond donors (Lipinski definition) is 0. The van der Waals surface area contributed by atoms with Crippen molar-refractivity contribution in [3.05, 3.63) is 90.5 Å². The van der Waals surface area contributed by atoms with Crippen LogP contribution < -0.4 is 0 Å². The molecular weight excluding hydrogens is 342 g/mol. The van der Waals surface area contributed by atoms with E-state index in [1.54, 1.807) is 0 Å². The van der Waals surface area contributed by atoms with E-state index in [1.807, 2.05) is 60.7 Å². The van der Waals surface area contributed by atoms with Crippen LogP contribution in [0, 0.1) is 5.92 Å². The first-order valence-corrected chi connectivity index (χ1v) is 9.65. The first kappa shape index (κ1) is 18.1. The second kappa shape index (κ2) is 8.13. The van der Waals surface area contributed by atoms with Crippen molar-refractivity contribution in [2.45, 2.75) is 20.3 Å². The summed E-state index contributed by atoms with van der Waals surface area (Å²) in [5, 5.41) is 0. The van der Waals surface area contributed by atoms with E-state index in [9.17, 15) is 0 Å². The molecule has 28 heavy (non-hydrogen) atoms. The van der Waals surface area contributed by atoms with Crippen molar-refractivity contribution in [3.63, 3.8) is 0 Å². The molecule has 1 heterocycles. The van der Waals surface area contributed by atoms with E-state index in [4.69, 9.17) is 15.0 Å². The Hall–Kier alpha value is -3.33. The molecule has 3 nitrogen and oxygen atoms in total. The fraction of sp³-hybridized carbons (Fsp3) is 0.160. The summed E-state index contributed by atoms with van der Waals surface area (Å²) in [6, 6.07) is 28.7. The molecule has 1 aromatic heterocycles. The van der Waals surface area contributed by atoms with Gasteiger partial charge in [-0.15, -0.1) is 0 Å². The Labute approximate surface area is 166 Å². The van der Waals surface area contributed by atoms with Gasteiger partial charge >= 0.3 is 0 Å². The second-order valence-electron chi connectivity index (χ2n) is 7.34. The molecule has 0 spiro atoms. The Morgan fingerprint density at radius 1 is 0.571 bits per heavy atom. The van der Waals surface area contributed by atoms with Crippen LogP contribution in [0.25, 0.3) is 34.2 Å². The van der Waals surface area contributed by atoms with Crippen molar-refractivity contribution in [2.24, 2.45) is 5.92 Å². The molecule has 0 amide bonds. The third kappa shape index (κ3) is 4.15. The van der Waals surface area contributed by atoms with Crippen LogP contribution in [-0.2, 0) is 6.42 Å². The molecule has 0 unspecified atom stereocenters. The number of rotatable bonds is 5. The molecule has 0 aliphatic rings. The summed E-state index contributed by atoms with van der Waals surface area (Å²) >= 11 is 0. The summed E-state index contributed by atoms with van der Waals surface area (Å²) in [6.07, 6.45) is 1.04. The van der Waals surface area contributed by atoms with Crippen LogP contribution in [0.5, 0.6) is 0 Å². The largest absolute Gasteiger partial charge is 0.208 e. The van der Waals surface area contributed by atoms with Crippen LogP contribution in [0.15, 0.2) is 84.9 Å². The lowest BCUT2D eigenvalue weighted by atomic mass is 10.0. The third-order valence-electron chi connectivity index (χ3n) is 4.53. The highest BCUT2D eigenvalue weighted by atomic mass is 15.0. The van der Waals surface area contributed by atoms with Crippen LogP contribution in [-0.4, -0.2) is 15.0 Å². The summed E-state index contributed by atoms with van der Waals surface area (Å²) in [4.78, 5) is 14.3. The number of benzene rings is 3. The number of aromatic nitrogens is 3. The zero-order valence-electron chi connectivity index (χ0n) is 16.2. The van der Waals surface area contributed by atoms with E-state index in [0.29, 0.717) is 23.4 Å². The van der Waals surface area contributed by atoms with Gasteiger partial charge in [0.15, 0.2) is 17.5 Å². The third-order valence-corrected chi connectivity index (χ3v) is 4.53. The average molecular weight is 365 g/mol. The minimum Gasteiger partial charge on any atom is -0.208 e. The Morgan fingerprint density at radius 3 is 1.54 bits per heavy atom. The van der Waals surface area contributed by atoms with Crippen LogP contribution in [0.3, 0.4) is 0 Å². The van der Waals surface area contributed by atoms with E-state index in [0.717, 1.165) is 23.1 Å². The summed E-state index contributed by atoms with van der Waals surface area (Å²) in [5.74, 6) is 2.70. The molecule has 3 aromatic carbocycles. The van der Waals surface area contributed by atoms with E-state index >= 15 is 0 Å². The lowest BCUT2D eigenvalue weighted by molar-refractivity contribution is 0.647. The predicted molar refractivity (Wildman–Crippen MR) is 115 cm³/mol. The molecule has 0 saturated heterocycles. The molecule has 0 atom stereocenters. The van der Waals surface area contributed by atoms with Gasteiger partial charge in [0.05, 0.1) is 0 Å². The van der Waals surface area contributed by atoms with Gasteiger partial charge in [-0.2, -0.15) is 0 Å². The molecule has 3 heteroatoms. The molecule has 4 rings (SSSR count). The quantitative estimate of drug-likeness (QED) is 0.431. The zero-order valence-corrected chi connectivity index (χ0v) is 16.2. The second-order valence-corrected chi connectivity index (χ2v) is 7.34. The lowest BCUT2D eigenvalue weighted by Crippen LogP contribution is -2.01. The summed E-state index contributed by atoms with van der Waals surface area (Å²) < 4.78 is 0. The predicted octanol–water partition coefficient (Wildman–Crippen LogP) is 6.07. The highest BCUT2D eigenvalue weighted by Gasteiger charge is 2.12. The molecule has 0 aliphatic carbocycles. The topological polar surface area (TPSA) is 38.7 Å². The molecule has 4 aromatic rings. The maximum atomic E-state index is 4.80. The average Bonchev–Trinajstić information content (AvgIpc) is 2.74. The highest BCUT2D eigenvalue weighted by Crippen LogP contribution is 2.25. The Bertz CT molecular complexity index is 1000. The maximum Gasteiger partial charge on any atom is 0.164 e. The van der Waals surface area contributed by atoms with Gasteiger partial charge < -0.3 is 0 Å². The SMILES string of the molecule is CC(C)Cc1cccc(-c2nc(-c3ccccc3)nc(-c3ccccc3)n2)c1. The first-order valence-electron chi connectivity index (χ1n) is 9.65. The molecule has 0 N–H and O–H groups in total. The van der Waals surface area contributed by atoms with Crippen molar-refractivity contribution in [1.29, 1.82) is 0 Å². The molecule has 0 bridgehead atoms. The van der Waals surface area contributed by atoms with Crippen molar-refractivity contribution in [2.75, 3.05) is 0 Å². The smallest absolute Gasteiger partial charge is 0.164 e. The zero-order chi connectivity index (χ0) is 19.3. The monoisotopic (exact) mass is 365 g/mol. The van der Waals surface area contributed by atoms with Gasteiger partial charge in [0.2, 0.25) is 0 Å². The fourth-order valence-corrected chi connectivity index (χ4v) is 3.25. The van der Waals surface area contributed by atoms with E-state index in [-0.39, 0.29) is 0 Å². The minimum atomic E-state index is 0.605. The van der Waals surface area contributed by atoms with Crippen LogP contribution in [0.2, 0.25) is 0 Å². The van der Waals surface area contributed by atoms with Gasteiger partial charge in [-0.1, -0.05) is 92.7 Å². The molecule has 138 valence electrons. The van der Waals surface area contributed by atoms with Gasteiger partial charge in [0.1, 0.15) is 0 Å². The molecule has 0 saturated carbocycles. The van der Waals surface area contributed by atoms with Gasteiger partial charge in [-0.25, -0.2) is 15.0 Å². The molecular formula is C25H23N3. The minimum absolute atomic E-state index is 0.605. The van der Waals surface area contributed by atoms with Crippen molar-refractivity contribution in [1.82, 2.24) is 15.0 Å². The lowest BCUT2D eigenvalue weighted by Gasteiger charge is -2.10. The van der Waals surface area contributed by atoms with Gasteiger partial charge in [-0.3, -0.25) is 0 Å². The Morgan fingerprint density at radius 2 is 1.04 bits per heavy atom. The summed E-state index contributed by atoms with van der Waals surface area (Å²) in [7, 11) is 0. The van der Waals surface area contributed by atoms with Crippen molar-refractivity contribution >= 4 is 0 Å². The van der Waals surface area contributed by atoms with Crippen molar-refractivity contribution in [3.8, 4) is 34.2 Å². The molecule has 0 aliphatic heterocycles. The Kier molecular flexibility index (Phi) is 5.24. The standard InChI is InChI=1S/C25H23N3/c1-18(2)16-19-10-9-15-22(17-19)25-27-23(20-11-5-3-6-12-20)26-24(28-25)21-13-7-4-8-14-21/h3-15,17-18H,16H2,1-2H3. The highest BCUT2D eigenvalue weighted by molar-refractivity contribution is 5.66. The number of nitrogens with zero attached hydrogens (tertiary/aromatic N) is 3. The van der Waals surface area contributed by atoms with Crippen LogP contribution >= 0.6 is 0 Å². The van der Waals surface area contributed by atoms with Gasteiger partial charge in [-0.05, 0) is 24.0 Å². The Balaban J connectivity index is 1.85. The van der Waals surface area contributed by atoms with Crippen LogP contribution in [0.4, 0.5) is 0 Å². The molecule has 0 radical (unpaired) electrons. The molecule has 0 fully saturated rings. The summed E-state index contributed by atoms with van der Waals surface area (Å²) in [5.41, 5.74) is 4.30. The van der Waals surface area contributed by atoms with E-state index in [1.165, 1.54) is 5.56 Å². The van der Waals surface area contributed by atoms with Crippen molar-refractivity contribution < 1.29 is 0 Å². The number of hydrogen-bond acceptors (Lipinski definition) is 3. The van der Waals surface area contributed by atoms with Gasteiger partial charge in [0, 0.05) is 16.7 Å². The normalized spacial score (nSPS) is 11.0. The van der Waals surface area contributed by atoms with Gasteiger partial charge in [0.25, 0.3) is 0 Å². The summed E-state index contributed by atoms with van der Waals surface area (Å²) in [6.45, 7) is 4.47. The maximum absolute atomic E-state index is 4.80. The first-order chi connectivity index (χ1) is 13.7. The van der Waals surface area contributed by atoms with E-state index < -0.39 is 0 Å². The fourth-order valence-electron chi connectivity index (χ4n) is 3.25. The van der Waals surface area contributed by atoms with E-state index in [2.05, 4.69) is 38.1 Å².